The van der Waals surface area contributed by atoms with E-state index < -0.39 is 0 Å². The predicted octanol–water partition coefficient (Wildman–Crippen LogP) is 3.58. The lowest BCUT2D eigenvalue weighted by atomic mass is 9.83. The van der Waals surface area contributed by atoms with Crippen LogP contribution in [0.3, 0.4) is 0 Å². The number of fused-ring (bicyclic) bond motifs is 2. The number of rotatable bonds is 2. The molecule has 2 aliphatic heterocycles. The first-order chi connectivity index (χ1) is 11.3. The summed E-state index contributed by atoms with van der Waals surface area (Å²) in [6.45, 7) is 3.75. The number of piperidine rings is 1. The Morgan fingerprint density at radius 1 is 1.09 bits per heavy atom. The van der Waals surface area contributed by atoms with Crippen LogP contribution in [0.2, 0.25) is 0 Å². The van der Waals surface area contributed by atoms with Gasteiger partial charge in [-0.15, -0.1) is 0 Å². The van der Waals surface area contributed by atoms with Gasteiger partial charge in [0.1, 0.15) is 0 Å². The molecular weight excluding hydrogens is 284 g/mol. The molecule has 1 saturated heterocycles. The van der Waals surface area contributed by atoms with Crippen LogP contribution in [0.25, 0.3) is 0 Å². The van der Waals surface area contributed by atoms with E-state index in [4.69, 9.17) is 10.00 Å². The van der Waals surface area contributed by atoms with Crippen molar-refractivity contribution in [3.63, 3.8) is 0 Å². The molecule has 0 bridgehead atoms. The van der Waals surface area contributed by atoms with Gasteiger partial charge in [-0.25, -0.2) is 0 Å². The first-order valence-corrected chi connectivity index (χ1v) is 8.23. The maximum atomic E-state index is 9.05. The van der Waals surface area contributed by atoms with E-state index in [0.29, 0.717) is 6.61 Å². The third-order valence-corrected chi connectivity index (χ3v) is 5.14. The molecule has 0 radical (unpaired) electrons. The molecule has 2 aromatic carbocycles. The molecule has 0 aliphatic carbocycles. The number of benzene rings is 2. The van der Waals surface area contributed by atoms with Crippen molar-refractivity contribution < 1.29 is 4.74 Å². The number of ether oxygens (including phenoxy) is 1. The second-order valence-electron chi connectivity index (χ2n) is 6.53. The van der Waals surface area contributed by atoms with Crippen LogP contribution in [0.1, 0.15) is 35.1 Å². The summed E-state index contributed by atoms with van der Waals surface area (Å²) in [4.78, 5) is 2.51. The van der Waals surface area contributed by atoms with Crippen LogP contribution >= 0.6 is 0 Å². The Morgan fingerprint density at radius 2 is 1.87 bits per heavy atom. The Morgan fingerprint density at radius 3 is 2.61 bits per heavy atom. The number of nitriles is 1. The van der Waals surface area contributed by atoms with Crippen molar-refractivity contribution in [3.8, 4) is 6.07 Å². The quantitative estimate of drug-likeness (QED) is 0.851. The van der Waals surface area contributed by atoms with Crippen molar-refractivity contribution in [2.24, 2.45) is 0 Å². The van der Waals surface area contributed by atoms with Crippen molar-refractivity contribution >= 4 is 0 Å². The van der Waals surface area contributed by atoms with Crippen LogP contribution in [0.5, 0.6) is 0 Å². The average molecular weight is 304 g/mol. The first-order valence-electron chi connectivity index (χ1n) is 8.23. The van der Waals surface area contributed by atoms with Crippen molar-refractivity contribution in [2.75, 3.05) is 13.1 Å². The monoisotopic (exact) mass is 304 g/mol. The highest BCUT2D eigenvalue weighted by Gasteiger charge is 2.42. The molecule has 0 unspecified atom stereocenters. The first kappa shape index (κ1) is 14.4. The molecule has 0 saturated carbocycles. The number of hydrogen-bond acceptors (Lipinski definition) is 3. The van der Waals surface area contributed by atoms with Crippen LogP contribution in [0.15, 0.2) is 48.5 Å². The lowest BCUT2D eigenvalue weighted by Gasteiger charge is -2.39. The molecule has 116 valence electrons. The highest BCUT2D eigenvalue weighted by molar-refractivity contribution is 5.43. The minimum absolute atomic E-state index is 0.128. The Labute approximate surface area is 137 Å². The van der Waals surface area contributed by atoms with E-state index in [9.17, 15) is 0 Å². The zero-order valence-electron chi connectivity index (χ0n) is 13.2. The maximum absolute atomic E-state index is 9.05. The smallest absolute Gasteiger partial charge is 0.0991 e. The summed E-state index contributed by atoms with van der Waals surface area (Å²) in [5.74, 6) is 0. The van der Waals surface area contributed by atoms with E-state index in [0.717, 1.165) is 38.0 Å². The summed E-state index contributed by atoms with van der Waals surface area (Å²) < 4.78 is 6.21. The van der Waals surface area contributed by atoms with Gasteiger partial charge in [-0.3, -0.25) is 4.90 Å². The van der Waals surface area contributed by atoms with Gasteiger partial charge in [0.05, 0.1) is 23.8 Å². The zero-order valence-corrected chi connectivity index (χ0v) is 13.2. The van der Waals surface area contributed by atoms with Gasteiger partial charge in [0, 0.05) is 19.6 Å². The van der Waals surface area contributed by atoms with E-state index in [2.05, 4.69) is 47.4 Å². The lowest BCUT2D eigenvalue weighted by Crippen LogP contribution is -2.42. The van der Waals surface area contributed by atoms with Crippen molar-refractivity contribution in [2.45, 2.75) is 31.6 Å². The molecule has 1 fully saturated rings. The fraction of sp³-hybridized carbons (Fsp3) is 0.350. The van der Waals surface area contributed by atoms with Crippen molar-refractivity contribution in [1.29, 1.82) is 5.26 Å². The Balaban J connectivity index is 1.47. The van der Waals surface area contributed by atoms with E-state index in [1.54, 1.807) is 0 Å². The SMILES string of the molecule is N#Cc1ccc2c(c1)COC21CCN(Cc2ccccc2)CC1. The van der Waals surface area contributed by atoms with E-state index in [1.807, 2.05) is 12.1 Å². The molecule has 2 aliphatic rings. The van der Waals surface area contributed by atoms with Crippen LogP contribution in [-0.2, 0) is 23.5 Å². The molecule has 0 aromatic heterocycles. The molecule has 3 heteroatoms. The minimum atomic E-state index is -0.128. The molecule has 2 heterocycles. The van der Waals surface area contributed by atoms with Gasteiger partial charge >= 0.3 is 0 Å². The fourth-order valence-corrected chi connectivity index (χ4v) is 3.85. The summed E-state index contributed by atoms with van der Waals surface area (Å²) in [5, 5.41) is 9.05. The fourth-order valence-electron chi connectivity index (χ4n) is 3.85. The third-order valence-electron chi connectivity index (χ3n) is 5.14. The van der Waals surface area contributed by atoms with Gasteiger partial charge in [-0.1, -0.05) is 36.4 Å². The lowest BCUT2D eigenvalue weighted by molar-refractivity contribution is -0.0799. The van der Waals surface area contributed by atoms with Crippen molar-refractivity contribution in [1.82, 2.24) is 4.90 Å². The van der Waals surface area contributed by atoms with Gasteiger partial charge in [0.2, 0.25) is 0 Å². The van der Waals surface area contributed by atoms with Gasteiger partial charge in [0.25, 0.3) is 0 Å². The largest absolute Gasteiger partial charge is 0.365 e. The van der Waals surface area contributed by atoms with Crippen LogP contribution in [-0.4, -0.2) is 18.0 Å². The second-order valence-corrected chi connectivity index (χ2v) is 6.53. The summed E-state index contributed by atoms with van der Waals surface area (Å²) >= 11 is 0. The molecule has 0 N–H and O–H groups in total. The summed E-state index contributed by atoms with van der Waals surface area (Å²) in [7, 11) is 0. The van der Waals surface area contributed by atoms with E-state index in [-0.39, 0.29) is 5.60 Å². The van der Waals surface area contributed by atoms with Crippen molar-refractivity contribution in [3.05, 3.63) is 70.8 Å². The highest BCUT2D eigenvalue weighted by Crippen LogP contribution is 2.44. The Kier molecular flexibility index (Phi) is 3.65. The Hall–Kier alpha value is -2.15. The van der Waals surface area contributed by atoms with Gasteiger partial charge in [0.15, 0.2) is 0 Å². The number of nitrogens with zero attached hydrogens (tertiary/aromatic N) is 2. The number of likely N-dealkylation sites (tertiary alicyclic amines) is 1. The predicted molar refractivity (Wildman–Crippen MR) is 88.6 cm³/mol. The summed E-state index contributed by atoms with van der Waals surface area (Å²) in [6, 6.07) is 18.9. The van der Waals surface area contributed by atoms with Crippen LogP contribution < -0.4 is 0 Å². The molecule has 1 spiro atoms. The van der Waals surface area contributed by atoms with E-state index >= 15 is 0 Å². The summed E-state index contributed by atoms with van der Waals surface area (Å²) in [5.41, 5.74) is 4.47. The topological polar surface area (TPSA) is 36.3 Å². The van der Waals surface area contributed by atoms with E-state index in [1.165, 1.54) is 16.7 Å². The zero-order chi connectivity index (χ0) is 15.7. The minimum Gasteiger partial charge on any atom is -0.365 e. The molecular formula is C20H20N2O. The summed E-state index contributed by atoms with van der Waals surface area (Å²) in [6.07, 6.45) is 2.05. The normalized spacial score (nSPS) is 19.4. The Bertz CT molecular complexity index is 740. The van der Waals surface area contributed by atoms with Crippen LogP contribution in [0, 0.1) is 11.3 Å². The standard InChI is InChI=1S/C20H20N2O/c21-13-17-6-7-19-18(12-17)15-23-20(19)8-10-22(11-9-20)14-16-4-2-1-3-5-16/h1-7,12H,8-11,14-15H2. The van der Waals surface area contributed by atoms with Gasteiger partial charge in [-0.2, -0.15) is 5.26 Å². The second kappa shape index (κ2) is 5.81. The highest BCUT2D eigenvalue weighted by atomic mass is 16.5. The molecule has 4 rings (SSSR count). The molecule has 2 aromatic rings. The molecule has 3 nitrogen and oxygen atoms in total. The van der Waals surface area contributed by atoms with Gasteiger partial charge < -0.3 is 4.74 Å². The van der Waals surface area contributed by atoms with Gasteiger partial charge in [-0.05, 0) is 41.7 Å². The average Bonchev–Trinajstić information content (AvgIpc) is 2.96. The maximum Gasteiger partial charge on any atom is 0.0991 e. The molecule has 0 atom stereocenters. The molecule has 23 heavy (non-hydrogen) atoms. The number of hydrogen-bond donors (Lipinski definition) is 0. The van der Waals surface area contributed by atoms with Crippen LogP contribution in [0.4, 0.5) is 0 Å². The molecule has 0 amide bonds. The third kappa shape index (κ3) is 2.65.